The largest absolute Gasteiger partial charge is 0.487 e. The molecule has 0 spiro atoms. The first-order chi connectivity index (χ1) is 12.8. The molecule has 27 heavy (non-hydrogen) atoms. The van der Waals surface area contributed by atoms with Gasteiger partial charge in [-0.2, -0.15) is 0 Å². The van der Waals surface area contributed by atoms with Crippen molar-refractivity contribution in [1.82, 2.24) is 4.90 Å². The maximum absolute atomic E-state index is 12.5. The Balaban J connectivity index is 1.57. The van der Waals surface area contributed by atoms with Crippen LogP contribution in [0.5, 0.6) is 5.75 Å². The van der Waals surface area contributed by atoms with E-state index in [2.05, 4.69) is 39.0 Å². The normalized spacial score (nSPS) is 32.6. The van der Waals surface area contributed by atoms with Crippen LogP contribution in [0, 0.1) is 18.8 Å². The van der Waals surface area contributed by atoms with Crippen molar-refractivity contribution in [3.63, 3.8) is 0 Å². The Morgan fingerprint density at radius 3 is 2.93 bits per heavy atom. The first kappa shape index (κ1) is 18.8. The lowest BCUT2D eigenvalue weighted by Crippen LogP contribution is -2.57. The SMILES string of the molecule is CC[C@@H](N)C(=O)N1CC[C@H]2O[C@H]3c4ccc(C)cc4OC(C)(C)[C@@H]3C[C@H]2C1. The van der Waals surface area contributed by atoms with Gasteiger partial charge in [0.2, 0.25) is 5.91 Å². The molecule has 0 aliphatic carbocycles. The quantitative estimate of drug-likeness (QED) is 0.866. The minimum atomic E-state index is -0.386. The van der Waals surface area contributed by atoms with E-state index < -0.39 is 0 Å². The van der Waals surface area contributed by atoms with Crippen LogP contribution in [0.2, 0.25) is 0 Å². The topological polar surface area (TPSA) is 64.8 Å². The number of carbonyl (C=O) groups is 1. The standard InChI is InChI=1S/C22H32N2O3/c1-5-17(23)21(25)24-9-8-18-14(12-24)11-16-20(26-18)15-7-6-13(2)10-19(15)27-22(16,3)4/h6-7,10,14,16-18,20H,5,8-9,11-12,23H2,1-4H3/t14-,16+,17+,18+,20-/m0/s1. The molecule has 5 nitrogen and oxygen atoms in total. The first-order valence-electron chi connectivity index (χ1n) is 10.3. The first-order valence-corrected chi connectivity index (χ1v) is 10.3. The number of nitrogens with zero attached hydrogens (tertiary/aromatic N) is 1. The molecular weight excluding hydrogens is 340 g/mol. The Hall–Kier alpha value is -1.59. The van der Waals surface area contributed by atoms with Gasteiger partial charge in [-0.1, -0.05) is 19.1 Å². The number of amides is 1. The molecule has 0 aromatic heterocycles. The van der Waals surface area contributed by atoms with E-state index in [1.54, 1.807) is 0 Å². The second kappa shape index (κ2) is 6.78. The highest BCUT2D eigenvalue weighted by Gasteiger charge is 2.51. The highest BCUT2D eigenvalue weighted by atomic mass is 16.5. The number of likely N-dealkylation sites (tertiary alicyclic amines) is 1. The number of piperidine rings is 1. The van der Waals surface area contributed by atoms with E-state index in [0.717, 1.165) is 31.7 Å². The van der Waals surface area contributed by atoms with Gasteiger partial charge in [-0.3, -0.25) is 4.79 Å². The summed E-state index contributed by atoms with van der Waals surface area (Å²) in [5.41, 5.74) is 8.08. The Morgan fingerprint density at radius 1 is 1.41 bits per heavy atom. The number of benzene rings is 1. The third-order valence-corrected chi connectivity index (χ3v) is 6.72. The molecule has 1 amide bonds. The summed E-state index contributed by atoms with van der Waals surface area (Å²) in [6.45, 7) is 9.87. The van der Waals surface area contributed by atoms with Crippen LogP contribution in [0.15, 0.2) is 18.2 Å². The third-order valence-electron chi connectivity index (χ3n) is 6.72. The lowest BCUT2D eigenvalue weighted by Gasteiger charge is -2.53. The fourth-order valence-electron chi connectivity index (χ4n) is 5.02. The summed E-state index contributed by atoms with van der Waals surface area (Å²) in [6, 6.07) is 6.04. The zero-order valence-electron chi connectivity index (χ0n) is 16.9. The summed E-state index contributed by atoms with van der Waals surface area (Å²) in [6.07, 6.45) is 2.86. The molecule has 5 atom stereocenters. The summed E-state index contributed by atoms with van der Waals surface area (Å²) in [7, 11) is 0. The van der Waals surface area contributed by atoms with Crippen molar-refractivity contribution >= 4 is 5.91 Å². The number of fused-ring (bicyclic) bond motifs is 4. The molecule has 1 aromatic rings. The average Bonchev–Trinajstić information content (AvgIpc) is 2.64. The predicted octanol–water partition coefficient (Wildman–Crippen LogP) is 3.20. The van der Waals surface area contributed by atoms with E-state index in [1.807, 2.05) is 11.8 Å². The van der Waals surface area contributed by atoms with Crippen molar-refractivity contribution < 1.29 is 14.3 Å². The molecule has 0 saturated carbocycles. The fraction of sp³-hybridized carbons (Fsp3) is 0.682. The zero-order chi connectivity index (χ0) is 19.3. The van der Waals surface area contributed by atoms with Crippen LogP contribution in [0.25, 0.3) is 0 Å². The summed E-state index contributed by atoms with van der Waals surface area (Å²) in [5, 5.41) is 0. The minimum absolute atomic E-state index is 0.0748. The fourth-order valence-corrected chi connectivity index (χ4v) is 5.02. The Bertz CT molecular complexity index is 732. The molecule has 0 radical (unpaired) electrons. The van der Waals surface area contributed by atoms with Crippen molar-refractivity contribution in [2.75, 3.05) is 13.1 Å². The molecule has 0 unspecified atom stereocenters. The molecule has 3 aliphatic heterocycles. The van der Waals surface area contributed by atoms with Gasteiger partial charge >= 0.3 is 0 Å². The molecule has 3 heterocycles. The predicted molar refractivity (Wildman–Crippen MR) is 105 cm³/mol. The third kappa shape index (κ3) is 3.25. The van der Waals surface area contributed by atoms with Crippen LogP contribution in [0.3, 0.4) is 0 Å². The summed E-state index contributed by atoms with van der Waals surface area (Å²) < 4.78 is 13.1. The molecule has 3 aliphatic rings. The van der Waals surface area contributed by atoms with Gasteiger partial charge in [0.05, 0.1) is 18.2 Å². The van der Waals surface area contributed by atoms with Gasteiger partial charge in [0, 0.05) is 30.5 Å². The molecule has 5 heteroatoms. The monoisotopic (exact) mass is 372 g/mol. The van der Waals surface area contributed by atoms with Crippen LogP contribution < -0.4 is 10.5 Å². The van der Waals surface area contributed by atoms with E-state index in [0.29, 0.717) is 12.3 Å². The van der Waals surface area contributed by atoms with Crippen LogP contribution in [-0.4, -0.2) is 41.6 Å². The Morgan fingerprint density at radius 2 is 2.19 bits per heavy atom. The second-order valence-electron chi connectivity index (χ2n) is 9.03. The number of carbonyl (C=O) groups excluding carboxylic acids is 1. The summed E-state index contributed by atoms with van der Waals surface area (Å²) in [5.74, 6) is 1.67. The van der Waals surface area contributed by atoms with E-state index in [1.165, 1.54) is 11.1 Å². The molecule has 0 bridgehead atoms. The van der Waals surface area contributed by atoms with Crippen molar-refractivity contribution in [1.29, 1.82) is 0 Å². The molecular formula is C22H32N2O3. The molecule has 148 valence electrons. The van der Waals surface area contributed by atoms with Crippen molar-refractivity contribution in [2.45, 2.75) is 70.8 Å². The van der Waals surface area contributed by atoms with Crippen molar-refractivity contribution in [3.05, 3.63) is 29.3 Å². The van der Waals surface area contributed by atoms with Crippen LogP contribution in [0.4, 0.5) is 0 Å². The van der Waals surface area contributed by atoms with Gasteiger partial charge in [0.25, 0.3) is 0 Å². The van der Waals surface area contributed by atoms with Crippen LogP contribution >= 0.6 is 0 Å². The van der Waals surface area contributed by atoms with Crippen LogP contribution in [0.1, 0.15) is 57.3 Å². The van der Waals surface area contributed by atoms with Gasteiger partial charge in [0.1, 0.15) is 11.4 Å². The average molecular weight is 373 g/mol. The second-order valence-corrected chi connectivity index (χ2v) is 9.03. The van der Waals surface area contributed by atoms with Gasteiger partial charge in [0.15, 0.2) is 0 Å². The molecule has 2 fully saturated rings. The maximum Gasteiger partial charge on any atom is 0.239 e. The number of nitrogens with two attached hydrogens (primary N) is 1. The van der Waals surface area contributed by atoms with Crippen molar-refractivity contribution in [2.24, 2.45) is 17.6 Å². The van der Waals surface area contributed by atoms with Crippen LogP contribution in [-0.2, 0) is 9.53 Å². The lowest BCUT2D eigenvalue weighted by atomic mass is 9.70. The van der Waals surface area contributed by atoms with Gasteiger partial charge in [-0.25, -0.2) is 0 Å². The summed E-state index contributed by atoms with van der Waals surface area (Å²) in [4.78, 5) is 14.5. The lowest BCUT2D eigenvalue weighted by molar-refractivity contribution is -0.189. The molecule has 1 aromatic carbocycles. The van der Waals surface area contributed by atoms with E-state index in [-0.39, 0.29) is 35.7 Å². The smallest absolute Gasteiger partial charge is 0.239 e. The van der Waals surface area contributed by atoms with Gasteiger partial charge in [-0.05, 0) is 51.7 Å². The van der Waals surface area contributed by atoms with E-state index in [4.69, 9.17) is 15.2 Å². The number of rotatable bonds is 2. The number of aryl methyl sites for hydroxylation is 1. The number of hydrogen-bond acceptors (Lipinski definition) is 4. The van der Waals surface area contributed by atoms with Gasteiger partial charge in [-0.15, -0.1) is 0 Å². The Kier molecular flexibility index (Phi) is 4.71. The zero-order valence-corrected chi connectivity index (χ0v) is 16.9. The van der Waals surface area contributed by atoms with E-state index >= 15 is 0 Å². The number of ether oxygens (including phenoxy) is 2. The highest BCUT2D eigenvalue weighted by molar-refractivity contribution is 5.81. The summed E-state index contributed by atoms with van der Waals surface area (Å²) >= 11 is 0. The molecule has 2 N–H and O–H groups in total. The molecule has 4 rings (SSSR count). The van der Waals surface area contributed by atoms with Gasteiger partial charge < -0.3 is 20.1 Å². The molecule has 2 saturated heterocycles. The Labute approximate surface area is 162 Å². The van der Waals surface area contributed by atoms with Crippen molar-refractivity contribution in [3.8, 4) is 5.75 Å². The number of hydrogen-bond donors (Lipinski definition) is 1. The van der Waals surface area contributed by atoms with E-state index in [9.17, 15) is 4.79 Å². The maximum atomic E-state index is 12.5. The minimum Gasteiger partial charge on any atom is -0.487 e. The highest BCUT2D eigenvalue weighted by Crippen LogP contribution is 2.53.